The molecule has 3 fully saturated rings. The van der Waals surface area contributed by atoms with Crippen molar-refractivity contribution in [3.8, 4) is 0 Å². The Hall–Kier alpha value is -1.98. The van der Waals surface area contributed by atoms with E-state index in [2.05, 4.69) is 0 Å². The largest absolute Gasteiger partial charge is 0.285 e. The predicted molar refractivity (Wildman–Crippen MR) is 74.9 cm³/mol. The lowest BCUT2D eigenvalue weighted by Gasteiger charge is -2.47. The molecular weight excluding hydrogens is 284 g/mol. The summed E-state index contributed by atoms with van der Waals surface area (Å²) >= 11 is 0. The van der Waals surface area contributed by atoms with Gasteiger partial charge in [-0.25, -0.2) is 0 Å². The molecule has 0 aromatic rings. The van der Waals surface area contributed by atoms with Crippen molar-refractivity contribution < 1.29 is 19.2 Å². The summed E-state index contributed by atoms with van der Waals surface area (Å²) in [5.74, 6) is -3.29. The first-order chi connectivity index (χ1) is 10.4. The van der Waals surface area contributed by atoms with Crippen LogP contribution in [0.15, 0.2) is 11.6 Å². The van der Waals surface area contributed by atoms with Gasteiger partial charge < -0.3 is 0 Å². The Labute approximate surface area is 128 Å². The molecule has 2 heterocycles. The van der Waals surface area contributed by atoms with E-state index in [0.717, 1.165) is 12.0 Å². The number of carbonyl (C=O) groups excluding carboxylic acids is 4. The van der Waals surface area contributed by atoms with E-state index >= 15 is 0 Å². The minimum Gasteiger partial charge on any atom is -0.285 e. The van der Waals surface area contributed by atoms with E-state index in [4.69, 9.17) is 0 Å². The van der Waals surface area contributed by atoms with Crippen molar-refractivity contribution in [1.29, 1.82) is 0 Å². The fourth-order valence-corrected chi connectivity index (χ4v) is 5.12. The standard InChI is InChI=1S/C16H18N2O4/c1-4-6-5-7-9-11(15(21)17(2)13(9)19)8(6)12-10(7)14(20)18(3)16(12)22/h5,7-12H,4H2,1-3H3. The molecule has 6 nitrogen and oxygen atoms in total. The Balaban J connectivity index is 1.91. The highest BCUT2D eigenvalue weighted by Gasteiger charge is 2.68. The zero-order valence-corrected chi connectivity index (χ0v) is 12.8. The van der Waals surface area contributed by atoms with Gasteiger partial charge in [0.05, 0.1) is 23.7 Å². The van der Waals surface area contributed by atoms with E-state index in [9.17, 15) is 19.2 Å². The number of hydrogen-bond acceptors (Lipinski definition) is 4. The maximum Gasteiger partial charge on any atom is 0.233 e. The molecule has 2 saturated heterocycles. The Morgan fingerprint density at radius 2 is 1.18 bits per heavy atom. The third kappa shape index (κ3) is 1.27. The molecule has 2 bridgehead atoms. The quantitative estimate of drug-likeness (QED) is 0.506. The average Bonchev–Trinajstić information content (AvgIpc) is 2.90. The number of hydrogen-bond donors (Lipinski definition) is 0. The van der Waals surface area contributed by atoms with Crippen molar-refractivity contribution in [2.24, 2.45) is 35.5 Å². The number of nitrogens with zero attached hydrogens (tertiary/aromatic N) is 2. The second-order valence-electron chi connectivity index (χ2n) is 6.77. The van der Waals surface area contributed by atoms with E-state index in [-0.39, 0.29) is 35.5 Å². The summed E-state index contributed by atoms with van der Waals surface area (Å²) in [4.78, 5) is 52.3. The van der Waals surface area contributed by atoms with Gasteiger partial charge in [-0.3, -0.25) is 29.0 Å². The van der Waals surface area contributed by atoms with Crippen LogP contribution >= 0.6 is 0 Å². The van der Waals surface area contributed by atoms with Crippen LogP contribution in [0, 0.1) is 35.5 Å². The van der Waals surface area contributed by atoms with Gasteiger partial charge >= 0.3 is 0 Å². The van der Waals surface area contributed by atoms with Crippen LogP contribution in [-0.4, -0.2) is 47.5 Å². The SMILES string of the molecule is CCC1=CC2C3C(=O)N(C)C(=O)C3C1C1C(=O)N(C)C(=O)C21. The van der Waals surface area contributed by atoms with Gasteiger partial charge in [-0.05, 0) is 6.42 Å². The predicted octanol–water partition coefficient (Wildman–Crippen LogP) is 0.0444. The Kier molecular flexibility index (Phi) is 2.52. The molecule has 5 rings (SSSR count). The molecule has 6 heteroatoms. The first-order valence-corrected chi connectivity index (χ1v) is 7.73. The molecule has 4 atom stereocenters. The van der Waals surface area contributed by atoms with Crippen LogP contribution in [0.3, 0.4) is 0 Å². The molecule has 116 valence electrons. The number of rotatable bonds is 1. The van der Waals surface area contributed by atoms with Crippen LogP contribution in [0.2, 0.25) is 0 Å². The average molecular weight is 302 g/mol. The molecule has 0 radical (unpaired) electrons. The van der Waals surface area contributed by atoms with Gasteiger partial charge in [0.1, 0.15) is 0 Å². The zero-order chi connectivity index (χ0) is 15.9. The number of allylic oxidation sites excluding steroid dienone is 2. The monoisotopic (exact) mass is 302 g/mol. The number of imide groups is 2. The molecule has 4 amide bonds. The molecule has 4 unspecified atom stereocenters. The van der Waals surface area contributed by atoms with E-state index < -0.39 is 23.7 Å². The van der Waals surface area contributed by atoms with Gasteiger partial charge in [0.2, 0.25) is 23.6 Å². The number of carbonyl (C=O) groups is 4. The molecule has 3 aliphatic carbocycles. The van der Waals surface area contributed by atoms with Gasteiger partial charge in [0.25, 0.3) is 0 Å². The molecule has 0 aromatic carbocycles. The van der Waals surface area contributed by atoms with Crippen LogP contribution in [0.1, 0.15) is 13.3 Å². The van der Waals surface area contributed by atoms with Crippen molar-refractivity contribution >= 4 is 23.6 Å². The highest BCUT2D eigenvalue weighted by atomic mass is 16.2. The topological polar surface area (TPSA) is 74.8 Å². The molecule has 0 spiro atoms. The summed E-state index contributed by atoms with van der Waals surface area (Å²) in [6, 6.07) is 0. The van der Waals surface area contributed by atoms with Crippen LogP contribution < -0.4 is 0 Å². The fourth-order valence-electron chi connectivity index (χ4n) is 5.12. The maximum absolute atomic E-state index is 12.5. The van der Waals surface area contributed by atoms with Gasteiger partial charge in [-0.1, -0.05) is 18.6 Å². The van der Waals surface area contributed by atoms with E-state index in [0.29, 0.717) is 0 Å². The summed E-state index contributed by atoms with van der Waals surface area (Å²) in [5.41, 5.74) is 1.06. The minimum atomic E-state index is -0.470. The zero-order valence-electron chi connectivity index (χ0n) is 12.8. The van der Waals surface area contributed by atoms with Crippen molar-refractivity contribution in [2.45, 2.75) is 13.3 Å². The fraction of sp³-hybridized carbons (Fsp3) is 0.625. The summed E-state index contributed by atoms with van der Waals surface area (Å²) in [6.45, 7) is 1.99. The van der Waals surface area contributed by atoms with Crippen LogP contribution in [0.4, 0.5) is 0 Å². The molecular formula is C16H18N2O4. The summed E-state index contributed by atoms with van der Waals surface area (Å²) < 4.78 is 0. The smallest absolute Gasteiger partial charge is 0.233 e. The lowest BCUT2D eigenvalue weighted by atomic mass is 9.51. The lowest BCUT2D eigenvalue weighted by Crippen LogP contribution is -2.52. The van der Waals surface area contributed by atoms with Crippen LogP contribution in [0.25, 0.3) is 0 Å². The highest BCUT2D eigenvalue weighted by Crippen LogP contribution is 2.60. The second kappa shape index (κ2) is 4.06. The maximum atomic E-state index is 12.5. The Morgan fingerprint density at radius 1 is 0.773 bits per heavy atom. The lowest BCUT2D eigenvalue weighted by molar-refractivity contribution is -0.138. The first-order valence-electron chi connectivity index (χ1n) is 7.73. The van der Waals surface area contributed by atoms with E-state index in [1.165, 1.54) is 23.9 Å². The second-order valence-corrected chi connectivity index (χ2v) is 6.77. The molecule has 1 saturated carbocycles. The molecule has 5 aliphatic rings. The van der Waals surface area contributed by atoms with Crippen molar-refractivity contribution in [1.82, 2.24) is 9.80 Å². The summed E-state index contributed by atoms with van der Waals surface area (Å²) in [6.07, 6.45) is 2.74. The van der Waals surface area contributed by atoms with E-state index in [1.807, 2.05) is 13.0 Å². The Morgan fingerprint density at radius 3 is 1.59 bits per heavy atom. The van der Waals surface area contributed by atoms with Crippen molar-refractivity contribution in [3.63, 3.8) is 0 Å². The summed E-state index contributed by atoms with van der Waals surface area (Å²) in [5, 5.41) is 0. The van der Waals surface area contributed by atoms with Crippen LogP contribution in [0.5, 0.6) is 0 Å². The molecule has 0 N–H and O–H groups in total. The Bertz CT molecular complexity index is 621. The van der Waals surface area contributed by atoms with Gasteiger partial charge in [0, 0.05) is 25.9 Å². The third-order valence-corrected chi connectivity index (χ3v) is 6.08. The molecule has 2 aliphatic heterocycles. The molecule has 0 aromatic heterocycles. The number of amides is 4. The highest BCUT2D eigenvalue weighted by molar-refractivity contribution is 6.10. The normalized spacial score (nSPS) is 43.0. The minimum absolute atomic E-state index is 0.197. The van der Waals surface area contributed by atoms with Crippen LogP contribution in [-0.2, 0) is 19.2 Å². The first kappa shape index (κ1) is 13.7. The molecule has 22 heavy (non-hydrogen) atoms. The van der Waals surface area contributed by atoms with Gasteiger partial charge in [-0.2, -0.15) is 0 Å². The van der Waals surface area contributed by atoms with Gasteiger partial charge in [-0.15, -0.1) is 0 Å². The van der Waals surface area contributed by atoms with Crippen molar-refractivity contribution in [3.05, 3.63) is 11.6 Å². The third-order valence-electron chi connectivity index (χ3n) is 6.08. The van der Waals surface area contributed by atoms with E-state index in [1.54, 1.807) is 0 Å². The number of likely N-dealkylation sites (tertiary alicyclic amines) is 2. The van der Waals surface area contributed by atoms with Gasteiger partial charge in [0.15, 0.2) is 0 Å². The summed E-state index contributed by atoms with van der Waals surface area (Å²) in [7, 11) is 3.00. The van der Waals surface area contributed by atoms with Crippen molar-refractivity contribution in [2.75, 3.05) is 14.1 Å².